The van der Waals surface area contributed by atoms with E-state index in [1.54, 1.807) is 17.0 Å². The van der Waals surface area contributed by atoms with Gasteiger partial charge in [0.05, 0.1) is 7.11 Å². The van der Waals surface area contributed by atoms with Gasteiger partial charge < -0.3 is 4.74 Å². The molecule has 154 valence electrons. The second kappa shape index (κ2) is 7.80. The van der Waals surface area contributed by atoms with Gasteiger partial charge >= 0.3 is 11.7 Å². The Bertz CT molecular complexity index is 1030. The fraction of sp³-hybridized carbons (Fsp3) is 0.588. The summed E-state index contributed by atoms with van der Waals surface area (Å²) in [5, 5.41) is 5.93. The second-order valence-corrected chi connectivity index (χ2v) is 9.86. The highest BCUT2D eigenvalue weighted by atomic mass is 32.2. The Balaban J connectivity index is 1.95. The van der Waals surface area contributed by atoms with Crippen molar-refractivity contribution in [2.24, 2.45) is 7.05 Å². The SMILES string of the molecule is COC(=O)c1sccc1S(=O)(=O)N1CCCC(c2nn(C)c(=O)n2C(C)C)C1. The molecule has 11 heteroatoms. The number of aryl methyl sites for hydroxylation is 1. The van der Waals surface area contributed by atoms with Crippen LogP contribution in [0.15, 0.2) is 21.1 Å². The number of carbonyl (C=O) groups is 1. The van der Waals surface area contributed by atoms with E-state index >= 15 is 0 Å². The van der Waals surface area contributed by atoms with Crippen molar-refractivity contribution < 1.29 is 17.9 Å². The van der Waals surface area contributed by atoms with Crippen LogP contribution < -0.4 is 5.69 Å². The molecule has 1 atom stereocenters. The molecule has 0 aliphatic carbocycles. The minimum Gasteiger partial charge on any atom is -0.465 e. The van der Waals surface area contributed by atoms with Crippen molar-refractivity contribution >= 4 is 27.3 Å². The predicted molar refractivity (Wildman–Crippen MR) is 104 cm³/mol. The number of ether oxygens (including phenoxy) is 1. The predicted octanol–water partition coefficient (Wildman–Crippen LogP) is 1.58. The lowest BCUT2D eigenvalue weighted by molar-refractivity contribution is 0.0602. The number of carbonyl (C=O) groups excluding carboxylic acids is 1. The number of sulfonamides is 1. The van der Waals surface area contributed by atoms with Gasteiger partial charge in [0.1, 0.15) is 15.6 Å². The molecular weight excluding hydrogens is 404 g/mol. The molecule has 2 aromatic heterocycles. The highest BCUT2D eigenvalue weighted by Gasteiger charge is 2.36. The number of thiophene rings is 1. The van der Waals surface area contributed by atoms with E-state index in [0.29, 0.717) is 18.8 Å². The fourth-order valence-corrected chi connectivity index (χ4v) is 6.35. The van der Waals surface area contributed by atoms with Gasteiger partial charge in [0.25, 0.3) is 0 Å². The van der Waals surface area contributed by atoms with E-state index in [1.165, 1.54) is 22.2 Å². The Labute approximate surface area is 167 Å². The van der Waals surface area contributed by atoms with Crippen molar-refractivity contribution in [3.63, 3.8) is 0 Å². The zero-order valence-corrected chi connectivity index (χ0v) is 17.9. The Hall–Kier alpha value is -1.98. The Kier molecular flexibility index (Phi) is 5.78. The number of esters is 1. The second-order valence-electron chi connectivity index (χ2n) is 7.04. The smallest absolute Gasteiger partial charge is 0.349 e. The maximum absolute atomic E-state index is 13.2. The van der Waals surface area contributed by atoms with Crippen LogP contribution in [0.5, 0.6) is 0 Å². The monoisotopic (exact) mass is 428 g/mol. The molecule has 0 amide bonds. The van der Waals surface area contributed by atoms with Gasteiger partial charge in [-0.25, -0.2) is 22.7 Å². The molecule has 3 heterocycles. The molecule has 0 bridgehead atoms. The van der Waals surface area contributed by atoms with Crippen LogP contribution in [0.4, 0.5) is 0 Å². The molecule has 9 nitrogen and oxygen atoms in total. The first-order valence-electron chi connectivity index (χ1n) is 8.99. The van der Waals surface area contributed by atoms with Crippen LogP contribution in [0.1, 0.15) is 54.1 Å². The lowest BCUT2D eigenvalue weighted by Crippen LogP contribution is -2.40. The quantitative estimate of drug-likeness (QED) is 0.670. The minimum atomic E-state index is -3.86. The summed E-state index contributed by atoms with van der Waals surface area (Å²) in [4.78, 5) is 24.3. The number of hydrogen-bond donors (Lipinski definition) is 0. The molecule has 2 aromatic rings. The van der Waals surface area contributed by atoms with Crippen molar-refractivity contribution in [3.8, 4) is 0 Å². The lowest BCUT2D eigenvalue weighted by atomic mass is 9.98. The lowest BCUT2D eigenvalue weighted by Gasteiger charge is -2.31. The van der Waals surface area contributed by atoms with Crippen LogP contribution in [0.3, 0.4) is 0 Å². The molecule has 0 N–H and O–H groups in total. The number of nitrogens with zero attached hydrogens (tertiary/aromatic N) is 4. The average Bonchev–Trinajstić information content (AvgIpc) is 3.27. The molecule has 0 spiro atoms. The number of methoxy groups -OCH3 is 1. The summed E-state index contributed by atoms with van der Waals surface area (Å²) < 4.78 is 35.4. The van der Waals surface area contributed by atoms with Gasteiger partial charge in [-0.15, -0.1) is 11.3 Å². The van der Waals surface area contributed by atoms with Gasteiger partial charge in [-0.05, 0) is 38.1 Å². The van der Waals surface area contributed by atoms with Crippen molar-refractivity contribution in [1.29, 1.82) is 0 Å². The number of piperidine rings is 1. The van der Waals surface area contributed by atoms with Gasteiger partial charge in [0, 0.05) is 32.1 Å². The molecular formula is C17H24N4O5S2. The Morgan fingerprint density at radius 2 is 2.11 bits per heavy atom. The van der Waals surface area contributed by atoms with Crippen molar-refractivity contribution in [3.05, 3.63) is 32.6 Å². The summed E-state index contributed by atoms with van der Waals surface area (Å²) in [6.45, 7) is 4.37. The van der Waals surface area contributed by atoms with E-state index in [-0.39, 0.29) is 34.0 Å². The molecule has 0 radical (unpaired) electrons. The van der Waals surface area contributed by atoms with Crippen molar-refractivity contribution in [2.75, 3.05) is 20.2 Å². The molecule has 28 heavy (non-hydrogen) atoms. The van der Waals surface area contributed by atoms with E-state index in [9.17, 15) is 18.0 Å². The molecule has 1 fully saturated rings. The molecule has 1 unspecified atom stereocenters. The molecule has 1 aliphatic heterocycles. The highest BCUT2D eigenvalue weighted by Crippen LogP contribution is 2.32. The van der Waals surface area contributed by atoms with E-state index in [0.717, 1.165) is 17.8 Å². The van der Waals surface area contributed by atoms with Crippen LogP contribution in [0, 0.1) is 0 Å². The number of hydrogen-bond acceptors (Lipinski definition) is 7. The Morgan fingerprint density at radius 3 is 2.75 bits per heavy atom. The summed E-state index contributed by atoms with van der Waals surface area (Å²) in [5.41, 5.74) is -0.212. The van der Waals surface area contributed by atoms with Crippen LogP contribution in [-0.2, 0) is 21.8 Å². The highest BCUT2D eigenvalue weighted by molar-refractivity contribution is 7.89. The average molecular weight is 429 g/mol. The summed E-state index contributed by atoms with van der Waals surface area (Å²) in [6.07, 6.45) is 1.38. The minimum absolute atomic E-state index is 0.0349. The van der Waals surface area contributed by atoms with Gasteiger partial charge in [-0.1, -0.05) is 0 Å². The Morgan fingerprint density at radius 1 is 1.39 bits per heavy atom. The number of aromatic nitrogens is 3. The largest absolute Gasteiger partial charge is 0.465 e. The van der Waals surface area contributed by atoms with E-state index in [4.69, 9.17) is 4.74 Å². The third-order valence-electron chi connectivity index (χ3n) is 4.87. The van der Waals surface area contributed by atoms with Crippen LogP contribution >= 0.6 is 11.3 Å². The third kappa shape index (κ3) is 3.53. The first kappa shape index (κ1) is 20.7. The molecule has 1 saturated heterocycles. The van der Waals surface area contributed by atoms with E-state index in [1.807, 2.05) is 13.8 Å². The molecule has 0 aromatic carbocycles. The first-order chi connectivity index (χ1) is 13.2. The van der Waals surface area contributed by atoms with Gasteiger partial charge in [-0.3, -0.25) is 4.57 Å². The standard InChI is InChI=1S/C17H24N4O5S2/c1-11(2)21-15(18-19(3)17(21)23)12-6-5-8-20(10-12)28(24,25)13-7-9-27-14(13)16(22)26-4/h7,9,11-12H,5-6,8,10H2,1-4H3. The molecule has 0 saturated carbocycles. The molecule has 3 rings (SSSR count). The summed E-state index contributed by atoms with van der Waals surface area (Å²) >= 11 is 1.04. The number of rotatable bonds is 5. The van der Waals surface area contributed by atoms with Crippen molar-refractivity contribution in [1.82, 2.24) is 18.7 Å². The van der Waals surface area contributed by atoms with E-state index < -0.39 is 16.0 Å². The van der Waals surface area contributed by atoms with Crippen molar-refractivity contribution in [2.45, 2.75) is 43.5 Å². The normalized spacial score (nSPS) is 18.5. The summed E-state index contributed by atoms with van der Waals surface area (Å²) in [7, 11) is -1.04. The third-order valence-corrected chi connectivity index (χ3v) is 7.80. The maximum Gasteiger partial charge on any atom is 0.349 e. The van der Waals surface area contributed by atoms with Crippen LogP contribution in [0.25, 0.3) is 0 Å². The van der Waals surface area contributed by atoms with Gasteiger partial charge in [0.2, 0.25) is 10.0 Å². The zero-order valence-electron chi connectivity index (χ0n) is 16.3. The topological polar surface area (TPSA) is 104 Å². The molecule has 1 aliphatic rings. The van der Waals surface area contributed by atoms with Gasteiger partial charge in [-0.2, -0.15) is 9.40 Å². The van der Waals surface area contributed by atoms with Crippen LogP contribution in [-0.4, -0.2) is 53.2 Å². The first-order valence-corrected chi connectivity index (χ1v) is 11.3. The fourth-order valence-electron chi connectivity index (χ4n) is 3.52. The summed E-state index contributed by atoms with van der Waals surface area (Å²) in [5.74, 6) is -0.263. The maximum atomic E-state index is 13.2. The van der Waals surface area contributed by atoms with E-state index in [2.05, 4.69) is 5.10 Å². The summed E-state index contributed by atoms with van der Waals surface area (Å²) in [6, 6.07) is 1.35. The zero-order chi connectivity index (χ0) is 20.6. The van der Waals surface area contributed by atoms with Gasteiger partial charge in [0.15, 0.2) is 0 Å². The van der Waals surface area contributed by atoms with Crippen LogP contribution in [0.2, 0.25) is 0 Å².